The second kappa shape index (κ2) is 9.82. The number of carbonyl (C=O) groups excluding carboxylic acids is 2. The first-order valence-corrected chi connectivity index (χ1v) is 8.69. The minimum atomic E-state index is -2.88. The molecule has 1 aromatic carbocycles. The molecule has 0 radical (unpaired) electrons. The third kappa shape index (κ3) is 6.64. The highest BCUT2D eigenvalue weighted by molar-refractivity contribution is 5.80. The molecular formula is C19H23F2N3O4. The first-order chi connectivity index (χ1) is 13.2. The quantitative estimate of drug-likeness (QED) is 0.611. The van der Waals surface area contributed by atoms with Crippen LogP contribution in [0.4, 0.5) is 8.78 Å². The summed E-state index contributed by atoms with van der Waals surface area (Å²) in [4.78, 5) is 25.3. The van der Waals surface area contributed by atoms with E-state index in [-0.39, 0.29) is 31.2 Å². The molecule has 1 amide bonds. The lowest BCUT2D eigenvalue weighted by Crippen LogP contribution is -2.31. The number of benzene rings is 1. The second-order valence-electron chi connectivity index (χ2n) is 6.33. The van der Waals surface area contributed by atoms with Gasteiger partial charge >= 0.3 is 12.6 Å². The summed E-state index contributed by atoms with van der Waals surface area (Å²) >= 11 is 0. The van der Waals surface area contributed by atoms with Crippen LogP contribution < -0.4 is 4.74 Å². The summed E-state index contributed by atoms with van der Waals surface area (Å²) in [6.07, 6.45) is 0.116. The molecule has 152 valence electrons. The standard InChI is InChI=1S/C19H23F2N3O4/c1-13-10-14(2)24(22-13)9-8-18(26)27-12-17(25)23(3)11-15-4-6-16(7-5-15)28-19(20)21/h4-7,10,19H,8-9,11-12H2,1-3H3. The van der Waals surface area contributed by atoms with Crippen LogP contribution in [0, 0.1) is 13.8 Å². The van der Waals surface area contributed by atoms with Crippen LogP contribution in [0.25, 0.3) is 0 Å². The summed E-state index contributed by atoms with van der Waals surface area (Å²) in [5, 5.41) is 4.26. The molecule has 0 unspecified atom stereocenters. The van der Waals surface area contributed by atoms with Crippen molar-refractivity contribution in [2.45, 2.75) is 40.0 Å². The normalized spacial score (nSPS) is 10.8. The Morgan fingerprint density at radius 3 is 2.46 bits per heavy atom. The van der Waals surface area contributed by atoms with Crippen molar-refractivity contribution in [3.63, 3.8) is 0 Å². The minimum absolute atomic E-state index is 0.0456. The predicted molar refractivity (Wildman–Crippen MR) is 96.8 cm³/mol. The van der Waals surface area contributed by atoms with E-state index < -0.39 is 12.6 Å². The molecule has 0 saturated heterocycles. The van der Waals surface area contributed by atoms with Crippen LogP contribution in [0.3, 0.4) is 0 Å². The van der Waals surface area contributed by atoms with Gasteiger partial charge in [-0.05, 0) is 37.6 Å². The number of rotatable bonds is 9. The fraction of sp³-hybridized carbons (Fsp3) is 0.421. The molecule has 0 atom stereocenters. The first-order valence-electron chi connectivity index (χ1n) is 8.69. The van der Waals surface area contributed by atoms with Crippen molar-refractivity contribution in [2.24, 2.45) is 0 Å². The Labute approximate surface area is 161 Å². The number of esters is 1. The van der Waals surface area contributed by atoms with Crippen LogP contribution in [-0.2, 0) is 27.4 Å². The SMILES string of the molecule is Cc1cc(C)n(CCC(=O)OCC(=O)N(C)Cc2ccc(OC(F)F)cc2)n1. The van der Waals surface area contributed by atoms with Gasteiger partial charge in [-0.15, -0.1) is 0 Å². The van der Waals surface area contributed by atoms with Crippen LogP contribution in [0.2, 0.25) is 0 Å². The summed E-state index contributed by atoms with van der Waals surface area (Å²) in [6, 6.07) is 7.89. The van der Waals surface area contributed by atoms with Gasteiger partial charge in [0.2, 0.25) is 0 Å². The molecule has 0 aliphatic carbocycles. The van der Waals surface area contributed by atoms with Crippen molar-refractivity contribution in [3.05, 3.63) is 47.3 Å². The fourth-order valence-electron chi connectivity index (χ4n) is 2.56. The zero-order valence-corrected chi connectivity index (χ0v) is 16.0. The second-order valence-corrected chi connectivity index (χ2v) is 6.33. The fourth-order valence-corrected chi connectivity index (χ4v) is 2.56. The van der Waals surface area contributed by atoms with Crippen molar-refractivity contribution >= 4 is 11.9 Å². The molecule has 0 aliphatic rings. The van der Waals surface area contributed by atoms with Crippen LogP contribution in [0.15, 0.2) is 30.3 Å². The zero-order chi connectivity index (χ0) is 20.7. The maximum Gasteiger partial charge on any atom is 0.387 e. The minimum Gasteiger partial charge on any atom is -0.456 e. The van der Waals surface area contributed by atoms with Gasteiger partial charge in [-0.1, -0.05) is 12.1 Å². The van der Waals surface area contributed by atoms with E-state index in [0.717, 1.165) is 17.0 Å². The van der Waals surface area contributed by atoms with Crippen molar-refractivity contribution < 1.29 is 27.8 Å². The lowest BCUT2D eigenvalue weighted by Gasteiger charge is -2.17. The first kappa shape index (κ1) is 21.3. The number of likely N-dealkylation sites (N-methyl/N-ethyl adjacent to an activating group) is 1. The Balaban J connectivity index is 1.74. The number of alkyl halides is 2. The smallest absolute Gasteiger partial charge is 0.387 e. The van der Waals surface area contributed by atoms with Gasteiger partial charge < -0.3 is 14.4 Å². The third-order valence-corrected chi connectivity index (χ3v) is 3.98. The van der Waals surface area contributed by atoms with E-state index in [1.807, 2.05) is 19.9 Å². The van der Waals surface area contributed by atoms with Gasteiger partial charge in [-0.3, -0.25) is 14.3 Å². The highest BCUT2D eigenvalue weighted by atomic mass is 19.3. The van der Waals surface area contributed by atoms with Gasteiger partial charge in [-0.25, -0.2) is 0 Å². The topological polar surface area (TPSA) is 73.7 Å². The number of nitrogens with zero attached hydrogens (tertiary/aromatic N) is 3. The maximum absolute atomic E-state index is 12.1. The third-order valence-electron chi connectivity index (χ3n) is 3.98. The number of aryl methyl sites for hydroxylation is 3. The van der Waals surface area contributed by atoms with Crippen molar-refractivity contribution in [3.8, 4) is 5.75 Å². The van der Waals surface area contributed by atoms with Crippen molar-refractivity contribution in [1.29, 1.82) is 0 Å². The molecule has 9 heteroatoms. The zero-order valence-electron chi connectivity index (χ0n) is 16.0. The Bertz CT molecular complexity index is 806. The lowest BCUT2D eigenvalue weighted by molar-refractivity contribution is -0.151. The maximum atomic E-state index is 12.1. The number of ether oxygens (including phenoxy) is 2. The number of amides is 1. The predicted octanol–water partition coefficient (Wildman–Crippen LogP) is 2.69. The van der Waals surface area contributed by atoms with Gasteiger partial charge in [0.1, 0.15) is 5.75 Å². The van der Waals surface area contributed by atoms with Gasteiger partial charge in [0, 0.05) is 19.3 Å². The Kier molecular flexibility index (Phi) is 7.48. The number of carbonyl (C=O) groups is 2. The summed E-state index contributed by atoms with van der Waals surface area (Å²) < 4.78 is 35.3. The lowest BCUT2D eigenvalue weighted by atomic mass is 10.2. The van der Waals surface area contributed by atoms with E-state index in [0.29, 0.717) is 6.54 Å². The molecule has 1 aromatic heterocycles. The average molecular weight is 395 g/mol. The van der Waals surface area contributed by atoms with Crippen molar-refractivity contribution in [2.75, 3.05) is 13.7 Å². The summed E-state index contributed by atoms with van der Waals surface area (Å²) in [7, 11) is 1.57. The average Bonchev–Trinajstić information content (AvgIpc) is 2.96. The summed E-state index contributed by atoms with van der Waals surface area (Å²) in [5.74, 6) is -0.806. The van der Waals surface area contributed by atoms with E-state index in [4.69, 9.17) is 4.74 Å². The molecule has 0 N–H and O–H groups in total. The molecule has 0 bridgehead atoms. The summed E-state index contributed by atoms with van der Waals surface area (Å²) in [5.41, 5.74) is 2.55. The van der Waals surface area contributed by atoms with Crippen LogP contribution in [0.1, 0.15) is 23.4 Å². The van der Waals surface area contributed by atoms with E-state index in [1.54, 1.807) is 23.9 Å². The van der Waals surface area contributed by atoms with Crippen molar-refractivity contribution in [1.82, 2.24) is 14.7 Å². The molecule has 2 aromatic rings. The molecule has 1 heterocycles. The van der Waals surface area contributed by atoms with E-state index in [1.165, 1.54) is 17.0 Å². The van der Waals surface area contributed by atoms with E-state index in [2.05, 4.69) is 9.84 Å². The van der Waals surface area contributed by atoms with Crippen LogP contribution >= 0.6 is 0 Å². The van der Waals surface area contributed by atoms with Crippen LogP contribution in [0.5, 0.6) is 5.75 Å². The van der Waals surface area contributed by atoms with Gasteiger partial charge in [0.05, 0.1) is 18.7 Å². The number of halogens is 2. The molecule has 2 rings (SSSR count). The van der Waals surface area contributed by atoms with Gasteiger partial charge in [-0.2, -0.15) is 13.9 Å². The Morgan fingerprint density at radius 1 is 1.21 bits per heavy atom. The molecule has 0 fully saturated rings. The molecular weight excluding hydrogens is 372 g/mol. The Hall–Kier alpha value is -2.97. The van der Waals surface area contributed by atoms with Gasteiger partial charge in [0.25, 0.3) is 5.91 Å². The number of aromatic nitrogens is 2. The highest BCUT2D eigenvalue weighted by Gasteiger charge is 2.13. The van der Waals surface area contributed by atoms with Gasteiger partial charge in [0.15, 0.2) is 6.61 Å². The highest BCUT2D eigenvalue weighted by Crippen LogP contribution is 2.15. The molecule has 0 spiro atoms. The van der Waals surface area contributed by atoms with E-state index in [9.17, 15) is 18.4 Å². The Morgan fingerprint density at radius 2 is 1.89 bits per heavy atom. The summed E-state index contributed by atoms with van der Waals surface area (Å²) in [6.45, 7) is 1.16. The molecule has 0 aliphatic heterocycles. The number of hydrogen-bond acceptors (Lipinski definition) is 5. The molecule has 7 nitrogen and oxygen atoms in total. The number of hydrogen-bond donors (Lipinski definition) is 0. The largest absolute Gasteiger partial charge is 0.456 e. The van der Waals surface area contributed by atoms with E-state index >= 15 is 0 Å². The molecule has 28 heavy (non-hydrogen) atoms. The van der Waals surface area contributed by atoms with Crippen LogP contribution in [-0.4, -0.2) is 46.8 Å². The molecule has 0 saturated carbocycles. The monoisotopic (exact) mass is 395 g/mol.